The molecule has 0 aromatic carbocycles. The van der Waals surface area contributed by atoms with Gasteiger partial charge in [-0.25, -0.2) is 19.6 Å². The Morgan fingerprint density at radius 3 is 0.267 bits per heavy atom. The molecule has 0 atom stereocenters. The summed E-state index contributed by atoms with van der Waals surface area (Å²) in [6, 6.07) is 0. The molecule has 0 aliphatic carbocycles. The number of aliphatic hydroxyl groups excluding tert-OH is 8. The molecule has 36 heteroatoms. The molecule has 0 saturated carbocycles. The van der Waals surface area contributed by atoms with Crippen molar-refractivity contribution in [3.05, 3.63) is 96.7 Å². The van der Waals surface area contributed by atoms with Crippen LogP contribution in [0.1, 0.15) is 185 Å². The molecule has 0 aromatic rings. The third-order valence-electron chi connectivity index (χ3n) is 2.11. The van der Waals surface area contributed by atoms with E-state index < -0.39 is 0 Å². The summed E-state index contributed by atoms with van der Waals surface area (Å²) in [7, 11) is 14.0. The standard InChI is InChI=1S/6C3H8O2.2C2H5FO2.C2H5.4C2H4.4CH4O2.24CH4.5CH3.10U/c6*1-5-3-2-4;2*3-5-2-1-4;5*1-2;4*1-3-2;;;;;;;;;;;;;;;;;;;;;;;;;;;;;;;;;;;;;;;/h6*4H,2-3H2,1H3;2*4H,1-2H2;1H2,2H3;4*1-2H2;4*2H,1H3;24*1H4;5*1H3;;;;;;;;;;/q;;;;;;;;-1;;;;;;;;;;;;;;;;;;;;;;;;;;;;;;;;;5*-1;;;;;;;;;;+2. The Bertz CT molecular complexity index is 352. The van der Waals surface area contributed by atoms with E-state index in [1.165, 1.54) is 28.4 Å². The number of rotatable bonds is 16. The molecule has 0 rings (SSSR count). The number of hydrogen-bond donors (Lipinski definition) is 12. The summed E-state index contributed by atoms with van der Waals surface area (Å²) in [5.41, 5.74) is 0. The summed E-state index contributed by atoms with van der Waals surface area (Å²) in [6.07, 6.45) is 0. The van der Waals surface area contributed by atoms with Crippen molar-refractivity contribution < 1.29 is 440 Å². The van der Waals surface area contributed by atoms with Crippen LogP contribution in [0.3, 0.4) is 0 Å². The molecule has 12 N–H and O–H groups in total. The average molecular weight is 3790 g/mol. The van der Waals surface area contributed by atoms with Crippen molar-refractivity contribution in [3.63, 3.8) is 0 Å². The van der Waals surface area contributed by atoms with E-state index in [-0.39, 0.29) is 593 Å². The molecule has 0 aliphatic rings. The van der Waals surface area contributed by atoms with Crippen LogP contribution in [0.25, 0.3) is 0 Å². The van der Waals surface area contributed by atoms with Crippen molar-refractivity contribution in [2.75, 3.05) is 177 Å². The van der Waals surface area contributed by atoms with Gasteiger partial charge in [-0.05, 0) is 9.05 Å². The first-order chi connectivity index (χ1) is 30.0. The van der Waals surface area contributed by atoms with Gasteiger partial charge < -0.3 is 113 Å². The molecular weight excluding hydrogens is 3580 g/mol. The molecular formula is C65H206F2O24U10-4. The second-order valence-electron chi connectivity index (χ2n) is 6.10. The fraction of sp³-hybridized carbons (Fsp3) is 0.785. The first-order valence-electron chi connectivity index (χ1n) is 16.7. The SMILES string of the molecule is C.C.C.C.C.C.C.C.C.C.C.C.C.C.C.C.C.C.C.C.C.C.C.C.C=C.C=C.C=C.C=C.COCCO.COCCO.COCCO.COCCO.COCCO.COCCO.COO.COO.COO.COO.OCCOF.OCCOF.[CH2-]C.[CH3-].[CH3-].[CH3-].[CH3-].[CH3-].[U+2].[U].[U].[U].[U].[U].[U].[U].[U].[U]. The average Bonchev–Trinajstić information content (AvgIpc) is 3.29. The predicted octanol–water partition coefficient (Wildman–Crippen LogP) is 19.5. The van der Waals surface area contributed by atoms with E-state index in [2.05, 4.69) is 117 Å². The summed E-state index contributed by atoms with van der Waals surface area (Å²) >= 11 is 0. The molecule has 668 valence electrons. The van der Waals surface area contributed by atoms with Crippen molar-refractivity contribution in [3.8, 4) is 0 Å². The molecule has 0 radical (unpaired) electrons. The van der Waals surface area contributed by atoms with Crippen LogP contribution >= 0.6 is 0 Å². The topological polar surface area (TPSA) is 354 Å². The van der Waals surface area contributed by atoms with Crippen LogP contribution in [-0.4, -0.2) is 239 Å². The van der Waals surface area contributed by atoms with Crippen LogP contribution in [0.2, 0.25) is 0 Å². The molecule has 0 heterocycles. The van der Waals surface area contributed by atoms with Gasteiger partial charge >= 0.3 is 31.1 Å². The van der Waals surface area contributed by atoms with Crippen LogP contribution in [0, 0.1) is 355 Å². The molecule has 101 heavy (non-hydrogen) atoms. The summed E-state index contributed by atoms with van der Waals surface area (Å²) in [6.45, 7) is 31.4. The Morgan fingerprint density at radius 1 is 0.218 bits per heavy atom. The van der Waals surface area contributed by atoms with Gasteiger partial charge in [0.25, 0.3) is 0 Å². The molecule has 0 unspecified atom stereocenters. The van der Waals surface area contributed by atoms with E-state index >= 15 is 0 Å². The number of aliphatic hydroxyl groups is 8. The van der Waals surface area contributed by atoms with Crippen LogP contribution in [0.15, 0.2) is 52.6 Å². The zero-order valence-corrected chi connectivity index (χ0v) is 91.3. The smallest absolute Gasteiger partial charge is 0.394 e. The van der Waals surface area contributed by atoms with Gasteiger partial charge in [0, 0.05) is 323 Å². The molecule has 0 amide bonds. The van der Waals surface area contributed by atoms with Gasteiger partial charge in [-0.2, -0.15) is 16.8 Å². The van der Waals surface area contributed by atoms with Gasteiger partial charge in [0.1, 0.15) is 13.2 Å². The first kappa shape index (κ1) is 451. The number of hydrogen-bond acceptors (Lipinski definition) is 24. The van der Waals surface area contributed by atoms with E-state index in [1.54, 1.807) is 49.6 Å². The van der Waals surface area contributed by atoms with E-state index in [0.29, 0.717) is 39.6 Å². The summed E-state index contributed by atoms with van der Waals surface area (Å²) < 4.78 is 47.3. The monoisotopic (exact) mass is 3790 g/mol. The van der Waals surface area contributed by atoms with Gasteiger partial charge in [0.05, 0.1) is 121 Å². The third-order valence-corrected chi connectivity index (χ3v) is 2.11. The molecule has 24 nitrogen and oxygen atoms in total. The fourth-order valence-electron chi connectivity index (χ4n) is 0.617. The van der Waals surface area contributed by atoms with Gasteiger partial charge in [-0.1, -0.05) is 178 Å². The molecule has 0 saturated heterocycles. The minimum Gasteiger partial charge on any atom is -0.394 e. The van der Waals surface area contributed by atoms with Crippen molar-refractivity contribution >= 4 is 0 Å². The van der Waals surface area contributed by atoms with Crippen LogP contribution in [0.4, 0.5) is 9.05 Å². The first-order valence-corrected chi connectivity index (χ1v) is 16.7. The number of methoxy groups -OCH3 is 6. The van der Waals surface area contributed by atoms with Gasteiger partial charge in [-0.3, -0.25) is 21.0 Å². The molecule has 0 spiro atoms. The zero-order valence-electron chi connectivity index (χ0n) is 49.7. The third kappa shape index (κ3) is 2060. The Hall–Kier alpha value is 8.38. The van der Waals surface area contributed by atoms with Gasteiger partial charge in [0.15, 0.2) is 0 Å². The van der Waals surface area contributed by atoms with Crippen molar-refractivity contribution in [1.29, 1.82) is 0 Å². The van der Waals surface area contributed by atoms with E-state index in [1.807, 2.05) is 0 Å². The van der Waals surface area contributed by atoms with Crippen molar-refractivity contribution in [1.82, 2.24) is 0 Å². The Labute approximate surface area is 884 Å². The quantitative estimate of drug-likeness (QED) is 0.0296. The van der Waals surface area contributed by atoms with Crippen molar-refractivity contribution in [2.24, 2.45) is 0 Å². The minimum absolute atomic E-state index is 0. The van der Waals surface area contributed by atoms with Crippen LogP contribution in [-0.2, 0) is 57.9 Å². The maximum Gasteiger partial charge on any atom is 2.00 e. The van der Waals surface area contributed by atoms with Crippen molar-refractivity contribution in [2.45, 2.75) is 185 Å². The van der Waals surface area contributed by atoms with E-state index in [0.717, 1.165) is 0 Å². The second kappa shape index (κ2) is 944. The summed E-state index contributed by atoms with van der Waals surface area (Å²) in [5.74, 6) is 0. The molecule has 0 aliphatic heterocycles. The van der Waals surface area contributed by atoms with E-state index in [4.69, 9.17) is 61.9 Å². The largest absolute Gasteiger partial charge is 2.00 e. The minimum atomic E-state index is -0.253. The molecule has 0 aromatic heterocycles. The Kier molecular flexibility index (Phi) is 4220. The predicted molar refractivity (Wildman–Crippen MR) is 430 cm³/mol. The molecule has 0 fully saturated rings. The fourth-order valence-corrected chi connectivity index (χ4v) is 0.617. The zero-order chi connectivity index (χ0) is 53.8. The number of ether oxygens (including phenoxy) is 6. The maximum atomic E-state index is 10.3. The van der Waals surface area contributed by atoms with Crippen LogP contribution in [0.5, 0.6) is 0 Å². The Morgan fingerprint density at radius 2 is 0.267 bits per heavy atom. The summed E-state index contributed by atoms with van der Waals surface area (Å²) in [4.78, 5) is 18.9. The Balaban J connectivity index is -0.00000000388. The summed E-state index contributed by atoms with van der Waals surface area (Å²) in [5, 5.41) is 91.3. The van der Waals surface area contributed by atoms with Gasteiger partial charge in [-0.15, -0.1) is 52.6 Å². The number of halogens is 2. The molecule has 0 bridgehead atoms. The normalized spacial score (nSPS) is 4.26. The maximum absolute atomic E-state index is 10.3. The van der Waals surface area contributed by atoms with Gasteiger partial charge in [0.2, 0.25) is 0 Å². The second-order valence-corrected chi connectivity index (χ2v) is 6.10. The van der Waals surface area contributed by atoms with E-state index in [9.17, 15) is 9.05 Å². The van der Waals surface area contributed by atoms with Crippen LogP contribution < -0.4 is 0 Å².